The molecule has 0 bridgehead atoms. The molecule has 0 aliphatic heterocycles. The summed E-state index contributed by atoms with van der Waals surface area (Å²) in [6, 6.07) is 0.387. The van der Waals surface area contributed by atoms with Gasteiger partial charge in [-0.1, -0.05) is 19.3 Å². The van der Waals surface area contributed by atoms with Crippen LogP contribution < -0.4 is 16.4 Å². The van der Waals surface area contributed by atoms with Crippen LogP contribution in [-0.4, -0.2) is 29.9 Å². The Balaban J connectivity index is 1.59. The summed E-state index contributed by atoms with van der Waals surface area (Å²) < 4.78 is 0. The van der Waals surface area contributed by atoms with E-state index in [9.17, 15) is 9.59 Å². The Labute approximate surface area is 114 Å². The highest BCUT2D eigenvalue weighted by Crippen LogP contribution is 2.28. The standard InChI is InChI=1S/C14H25N3O2/c15-14(7-2-1-3-8-14)10-13(19)16-9-6-12(18)17-11-4-5-11/h11H,1-10,15H2,(H,16,19)(H,17,18). The van der Waals surface area contributed by atoms with Crippen molar-refractivity contribution < 1.29 is 9.59 Å². The average molecular weight is 267 g/mol. The van der Waals surface area contributed by atoms with Gasteiger partial charge in [0.2, 0.25) is 11.8 Å². The molecule has 0 aromatic rings. The summed E-state index contributed by atoms with van der Waals surface area (Å²) in [6.45, 7) is 0.410. The van der Waals surface area contributed by atoms with Crippen LogP contribution in [0.15, 0.2) is 0 Å². The lowest BCUT2D eigenvalue weighted by Gasteiger charge is -2.32. The molecule has 5 nitrogen and oxygen atoms in total. The van der Waals surface area contributed by atoms with E-state index >= 15 is 0 Å². The van der Waals surface area contributed by atoms with Crippen LogP contribution in [0.2, 0.25) is 0 Å². The molecule has 2 rings (SSSR count). The Kier molecular flexibility index (Phi) is 4.80. The zero-order valence-electron chi connectivity index (χ0n) is 11.5. The zero-order chi connectivity index (χ0) is 13.7. The summed E-state index contributed by atoms with van der Waals surface area (Å²) in [4.78, 5) is 23.3. The van der Waals surface area contributed by atoms with E-state index in [2.05, 4.69) is 10.6 Å². The Morgan fingerprint density at radius 3 is 2.42 bits per heavy atom. The van der Waals surface area contributed by atoms with E-state index in [0.717, 1.165) is 38.5 Å². The number of hydrogen-bond donors (Lipinski definition) is 3. The normalized spacial score (nSPS) is 21.7. The Hall–Kier alpha value is -1.10. The molecule has 0 heterocycles. The van der Waals surface area contributed by atoms with Gasteiger partial charge in [0.05, 0.1) is 0 Å². The Morgan fingerprint density at radius 2 is 1.79 bits per heavy atom. The van der Waals surface area contributed by atoms with E-state index in [-0.39, 0.29) is 17.4 Å². The molecule has 19 heavy (non-hydrogen) atoms. The summed E-state index contributed by atoms with van der Waals surface area (Å²) >= 11 is 0. The highest BCUT2D eigenvalue weighted by molar-refractivity contribution is 5.79. The minimum absolute atomic E-state index is 0.0244. The minimum Gasteiger partial charge on any atom is -0.356 e. The molecule has 0 atom stereocenters. The fourth-order valence-corrected chi connectivity index (χ4v) is 2.66. The molecule has 5 heteroatoms. The lowest BCUT2D eigenvalue weighted by molar-refractivity contribution is -0.123. The van der Waals surface area contributed by atoms with E-state index in [1.165, 1.54) is 6.42 Å². The van der Waals surface area contributed by atoms with Gasteiger partial charge >= 0.3 is 0 Å². The van der Waals surface area contributed by atoms with E-state index < -0.39 is 0 Å². The maximum absolute atomic E-state index is 11.8. The first-order chi connectivity index (χ1) is 9.07. The third-order valence-corrected chi connectivity index (χ3v) is 3.98. The molecule has 0 unspecified atom stereocenters. The molecular formula is C14H25N3O2. The first kappa shape index (κ1) is 14.3. The predicted molar refractivity (Wildman–Crippen MR) is 73.4 cm³/mol. The van der Waals surface area contributed by atoms with E-state index in [0.29, 0.717) is 25.4 Å². The summed E-state index contributed by atoms with van der Waals surface area (Å²) in [5, 5.41) is 5.70. The topological polar surface area (TPSA) is 84.2 Å². The number of nitrogens with two attached hydrogens (primary N) is 1. The highest BCUT2D eigenvalue weighted by atomic mass is 16.2. The van der Waals surface area contributed by atoms with Gasteiger partial charge in [-0.15, -0.1) is 0 Å². The lowest BCUT2D eigenvalue weighted by atomic mass is 9.80. The second-order valence-corrected chi connectivity index (χ2v) is 6.04. The molecule has 2 amide bonds. The van der Waals surface area contributed by atoms with E-state index in [1.54, 1.807) is 0 Å². The number of nitrogens with one attached hydrogen (secondary N) is 2. The lowest BCUT2D eigenvalue weighted by Crippen LogP contribution is -2.46. The van der Waals surface area contributed by atoms with Crippen molar-refractivity contribution in [3.8, 4) is 0 Å². The predicted octanol–water partition coefficient (Wildman–Crippen LogP) is 0.823. The van der Waals surface area contributed by atoms with Gasteiger partial charge in [0.1, 0.15) is 0 Å². The smallest absolute Gasteiger partial charge is 0.221 e. The molecule has 2 aliphatic rings. The van der Waals surface area contributed by atoms with Crippen molar-refractivity contribution in [1.82, 2.24) is 10.6 Å². The van der Waals surface area contributed by atoms with Crippen LogP contribution in [0.3, 0.4) is 0 Å². The largest absolute Gasteiger partial charge is 0.356 e. The Morgan fingerprint density at radius 1 is 1.11 bits per heavy atom. The second-order valence-electron chi connectivity index (χ2n) is 6.04. The van der Waals surface area contributed by atoms with Crippen molar-refractivity contribution in [1.29, 1.82) is 0 Å². The summed E-state index contributed by atoms with van der Waals surface area (Å²) in [6.07, 6.45) is 8.26. The van der Waals surface area contributed by atoms with Crippen molar-refractivity contribution in [2.45, 2.75) is 69.4 Å². The molecule has 2 saturated carbocycles. The van der Waals surface area contributed by atoms with Crippen molar-refractivity contribution in [2.75, 3.05) is 6.54 Å². The summed E-state index contributed by atoms with van der Waals surface area (Å²) in [5.41, 5.74) is 5.90. The van der Waals surface area contributed by atoms with Crippen LogP contribution in [0.25, 0.3) is 0 Å². The van der Waals surface area contributed by atoms with Crippen molar-refractivity contribution in [2.24, 2.45) is 5.73 Å². The molecule has 0 aromatic heterocycles. The molecule has 108 valence electrons. The fourth-order valence-electron chi connectivity index (χ4n) is 2.66. The second kappa shape index (κ2) is 6.37. The van der Waals surface area contributed by atoms with Crippen LogP contribution in [0.4, 0.5) is 0 Å². The van der Waals surface area contributed by atoms with Gasteiger partial charge in [0.15, 0.2) is 0 Å². The van der Waals surface area contributed by atoms with Crippen LogP contribution in [0.5, 0.6) is 0 Å². The van der Waals surface area contributed by atoms with Crippen LogP contribution in [0, 0.1) is 0 Å². The third-order valence-electron chi connectivity index (χ3n) is 3.98. The van der Waals surface area contributed by atoms with Gasteiger partial charge in [-0.25, -0.2) is 0 Å². The monoisotopic (exact) mass is 267 g/mol. The highest BCUT2D eigenvalue weighted by Gasteiger charge is 2.29. The first-order valence-corrected chi connectivity index (χ1v) is 7.42. The van der Waals surface area contributed by atoms with Crippen molar-refractivity contribution in [3.05, 3.63) is 0 Å². The van der Waals surface area contributed by atoms with Gasteiger partial charge in [-0.3, -0.25) is 9.59 Å². The molecule has 0 radical (unpaired) electrons. The number of hydrogen-bond acceptors (Lipinski definition) is 3. The molecule has 0 aromatic carbocycles. The van der Waals surface area contributed by atoms with E-state index in [4.69, 9.17) is 5.73 Å². The fraction of sp³-hybridized carbons (Fsp3) is 0.857. The van der Waals surface area contributed by atoms with Gasteiger partial charge in [-0.05, 0) is 25.7 Å². The van der Waals surface area contributed by atoms with Crippen LogP contribution in [0.1, 0.15) is 57.8 Å². The van der Waals surface area contributed by atoms with Crippen LogP contribution in [-0.2, 0) is 9.59 Å². The third kappa shape index (κ3) is 5.19. The van der Waals surface area contributed by atoms with Gasteiger partial charge < -0.3 is 16.4 Å². The van der Waals surface area contributed by atoms with Crippen molar-refractivity contribution in [3.63, 3.8) is 0 Å². The minimum atomic E-state index is -0.321. The van der Waals surface area contributed by atoms with Gasteiger partial charge in [-0.2, -0.15) is 0 Å². The van der Waals surface area contributed by atoms with Gasteiger partial charge in [0, 0.05) is 31.0 Å². The number of carbonyl (C=O) groups is 2. The summed E-state index contributed by atoms with van der Waals surface area (Å²) in [5.74, 6) is 0.00606. The number of carbonyl (C=O) groups excluding carboxylic acids is 2. The van der Waals surface area contributed by atoms with Crippen LogP contribution >= 0.6 is 0 Å². The molecular weight excluding hydrogens is 242 g/mol. The molecule has 2 aliphatic carbocycles. The maximum atomic E-state index is 11.8. The quantitative estimate of drug-likeness (QED) is 0.666. The molecule has 2 fully saturated rings. The number of amides is 2. The number of rotatable bonds is 6. The Bertz CT molecular complexity index is 334. The maximum Gasteiger partial charge on any atom is 0.221 e. The molecule has 0 saturated heterocycles. The van der Waals surface area contributed by atoms with Gasteiger partial charge in [0.25, 0.3) is 0 Å². The summed E-state index contributed by atoms with van der Waals surface area (Å²) in [7, 11) is 0. The SMILES string of the molecule is NC1(CC(=O)NCCC(=O)NC2CC2)CCCCC1. The van der Waals surface area contributed by atoms with E-state index in [1.807, 2.05) is 0 Å². The van der Waals surface area contributed by atoms with Crippen molar-refractivity contribution >= 4 is 11.8 Å². The molecule has 4 N–H and O–H groups in total. The zero-order valence-corrected chi connectivity index (χ0v) is 11.5. The molecule has 0 spiro atoms. The average Bonchev–Trinajstić information content (AvgIpc) is 3.13. The first-order valence-electron chi connectivity index (χ1n) is 7.42.